The van der Waals surface area contributed by atoms with Gasteiger partial charge in [0.15, 0.2) is 0 Å². The van der Waals surface area contributed by atoms with Gasteiger partial charge < -0.3 is 5.32 Å². The lowest BCUT2D eigenvalue weighted by molar-refractivity contribution is 0.0952. The van der Waals surface area contributed by atoms with Crippen molar-refractivity contribution in [3.8, 4) is 0 Å². The highest BCUT2D eigenvalue weighted by molar-refractivity contribution is 8.02. The number of fused-ring (bicyclic) bond motifs is 1. The summed E-state index contributed by atoms with van der Waals surface area (Å²) in [6.07, 6.45) is 5.15. The third-order valence-electron chi connectivity index (χ3n) is 3.70. The molecule has 0 saturated carbocycles. The lowest BCUT2D eigenvalue weighted by atomic mass is 10.2. The molecule has 23 heavy (non-hydrogen) atoms. The van der Waals surface area contributed by atoms with Gasteiger partial charge >= 0.3 is 0 Å². The molecule has 0 aliphatic carbocycles. The zero-order chi connectivity index (χ0) is 15.8. The molecule has 3 aromatic rings. The second kappa shape index (κ2) is 5.55. The maximum Gasteiger partial charge on any atom is 0.279 e. The Morgan fingerprint density at radius 3 is 3.04 bits per heavy atom. The predicted molar refractivity (Wildman–Crippen MR) is 88.3 cm³/mol. The van der Waals surface area contributed by atoms with E-state index in [0.717, 1.165) is 10.9 Å². The fourth-order valence-corrected chi connectivity index (χ4v) is 3.49. The summed E-state index contributed by atoms with van der Waals surface area (Å²) >= 11 is 1.52. The molecule has 2 aromatic heterocycles. The number of rotatable bonds is 2. The van der Waals surface area contributed by atoms with Crippen molar-refractivity contribution in [3.05, 3.63) is 77.5 Å². The van der Waals surface area contributed by atoms with Crippen LogP contribution in [0.2, 0.25) is 0 Å². The van der Waals surface area contributed by atoms with Crippen LogP contribution >= 0.6 is 11.8 Å². The molecule has 0 amide bonds. The van der Waals surface area contributed by atoms with E-state index in [2.05, 4.69) is 10.3 Å². The maximum absolute atomic E-state index is 13.5. The van der Waals surface area contributed by atoms with E-state index in [1.807, 2.05) is 12.1 Å². The molecule has 6 heteroatoms. The van der Waals surface area contributed by atoms with E-state index in [1.54, 1.807) is 36.1 Å². The highest BCUT2D eigenvalue weighted by Gasteiger charge is 2.24. The summed E-state index contributed by atoms with van der Waals surface area (Å²) < 4.78 is 14.9. The van der Waals surface area contributed by atoms with Crippen molar-refractivity contribution < 1.29 is 9.18 Å². The Balaban J connectivity index is 1.61. The molecule has 4 nitrogen and oxygen atoms in total. The Labute approximate surface area is 136 Å². The number of hydrogen-bond acceptors (Lipinski definition) is 4. The van der Waals surface area contributed by atoms with Crippen LogP contribution in [0.1, 0.15) is 15.7 Å². The minimum atomic E-state index is -0.360. The first-order chi connectivity index (χ1) is 11.2. The van der Waals surface area contributed by atoms with E-state index >= 15 is 0 Å². The number of carbonyl (C=O) groups is 1. The van der Waals surface area contributed by atoms with Crippen molar-refractivity contribution in [2.24, 2.45) is 0 Å². The van der Waals surface area contributed by atoms with Crippen molar-refractivity contribution in [1.29, 1.82) is 0 Å². The van der Waals surface area contributed by atoms with Crippen LogP contribution in [-0.4, -0.2) is 15.5 Å². The van der Waals surface area contributed by atoms with Crippen molar-refractivity contribution in [2.45, 2.75) is 5.37 Å². The number of carbonyl (C=O) groups excluding carboxylic acids is 1. The summed E-state index contributed by atoms with van der Waals surface area (Å²) in [5.41, 5.74) is 2.05. The Morgan fingerprint density at radius 2 is 2.22 bits per heavy atom. The summed E-state index contributed by atoms with van der Waals surface area (Å²) in [6, 6.07) is 10.0. The highest BCUT2D eigenvalue weighted by atomic mass is 32.2. The molecule has 0 saturated heterocycles. The number of nitrogens with one attached hydrogen (secondary N) is 1. The molecule has 114 valence electrons. The number of pyridine rings is 1. The Kier molecular flexibility index (Phi) is 3.38. The minimum absolute atomic E-state index is 0.0405. The molecule has 1 aromatic carbocycles. The smallest absolute Gasteiger partial charge is 0.279 e. The second-order valence-electron chi connectivity index (χ2n) is 5.17. The zero-order valence-corrected chi connectivity index (χ0v) is 12.8. The number of aromatic nitrogens is 2. The van der Waals surface area contributed by atoms with E-state index < -0.39 is 0 Å². The molecule has 1 N–H and O–H groups in total. The average molecular weight is 325 g/mol. The van der Waals surface area contributed by atoms with Gasteiger partial charge in [0, 0.05) is 34.9 Å². The van der Waals surface area contributed by atoms with Gasteiger partial charge in [0.2, 0.25) is 0 Å². The van der Waals surface area contributed by atoms with Crippen molar-refractivity contribution in [1.82, 2.24) is 14.9 Å². The van der Waals surface area contributed by atoms with Crippen LogP contribution in [0.4, 0.5) is 4.39 Å². The third-order valence-corrected chi connectivity index (χ3v) is 4.73. The first kappa shape index (κ1) is 14.0. The molecule has 0 bridgehead atoms. The first-order valence-corrected chi connectivity index (χ1v) is 8.00. The van der Waals surface area contributed by atoms with Crippen LogP contribution in [0.25, 0.3) is 10.9 Å². The molecule has 4 rings (SSSR count). The Bertz CT molecular complexity index is 920. The molecule has 0 fully saturated rings. The van der Waals surface area contributed by atoms with E-state index in [1.165, 1.54) is 28.5 Å². The molecular weight excluding hydrogens is 313 g/mol. The Morgan fingerprint density at radius 1 is 1.30 bits per heavy atom. The third kappa shape index (κ3) is 2.51. The van der Waals surface area contributed by atoms with Gasteiger partial charge in [-0.1, -0.05) is 6.07 Å². The molecule has 1 unspecified atom stereocenters. The van der Waals surface area contributed by atoms with E-state index in [-0.39, 0.29) is 17.1 Å². The Hall–Kier alpha value is -2.60. The number of benzene rings is 1. The molecule has 1 atom stereocenters. The van der Waals surface area contributed by atoms with Gasteiger partial charge in [0.1, 0.15) is 16.9 Å². The molecule has 0 spiro atoms. The molecule has 0 radical (unpaired) electrons. The predicted octanol–water partition coefficient (Wildman–Crippen LogP) is 3.69. The normalized spacial score (nSPS) is 17.1. The summed E-state index contributed by atoms with van der Waals surface area (Å²) in [5, 5.41) is 5.78. The summed E-state index contributed by atoms with van der Waals surface area (Å²) in [6.45, 7) is 0. The molecule has 1 aliphatic rings. The fourth-order valence-electron chi connectivity index (χ4n) is 2.56. The van der Waals surface area contributed by atoms with Gasteiger partial charge in [0.05, 0.1) is 5.52 Å². The topological polar surface area (TPSA) is 46.9 Å². The quantitative estimate of drug-likeness (QED) is 0.780. The van der Waals surface area contributed by atoms with Gasteiger partial charge in [-0.25, -0.2) is 4.39 Å². The SMILES string of the molecule is O=C(C1=CSC(c2cccnc2)N1)n1ccc2ccc(F)cc21. The standard InChI is InChI=1S/C17H12FN3OS/c18-13-4-3-11-5-7-21(15(11)8-13)17(22)14-10-23-16(20-14)12-2-1-6-19-9-12/h1-10,16,20H. The number of hydrogen-bond donors (Lipinski definition) is 1. The van der Waals surface area contributed by atoms with Crippen molar-refractivity contribution in [2.75, 3.05) is 0 Å². The van der Waals surface area contributed by atoms with Crippen LogP contribution in [0.5, 0.6) is 0 Å². The van der Waals surface area contributed by atoms with Gasteiger partial charge in [-0.05, 0) is 30.3 Å². The number of thioether (sulfide) groups is 1. The average Bonchev–Trinajstić information content (AvgIpc) is 3.22. The summed E-state index contributed by atoms with van der Waals surface area (Å²) in [7, 11) is 0. The molecule has 3 heterocycles. The lowest BCUT2D eigenvalue weighted by Gasteiger charge is -2.12. The minimum Gasteiger partial charge on any atom is -0.364 e. The van der Waals surface area contributed by atoms with Crippen LogP contribution in [0.15, 0.2) is 66.1 Å². The van der Waals surface area contributed by atoms with Crippen LogP contribution in [0.3, 0.4) is 0 Å². The van der Waals surface area contributed by atoms with Crippen molar-refractivity contribution >= 4 is 28.6 Å². The first-order valence-electron chi connectivity index (χ1n) is 7.06. The van der Waals surface area contributed by atoms with Gasteiger partial charge in [-0.3, -0.25) is 14.3 Å². The molecular formula is C17H12FN3OS. The highest BCUT2D eigenvalue weighted by Crippen LogP contribution is 2.34. The zero-order valence-electron chi connectivity index (χ0n) is 11.9. The maximum atomic E-state index is 13.5. The van der Waals surface area contributed by atoms with Gasteiger partial charge in [0.25, 0.3) is 5.91 Å². The monoisotopic (exact) mass is 325 g/mol. The number of halogens is 1. The van der Waals surface area contributed by atoms with E-state index in [9.17, 15) is 9.18 Å². The van der Waals surface area contributed by atoms with Gasteiger partial charge in [-0.2, -0.15) is 0 Å². The van der Waals surface area contributed by atoms with Gasteiger partial charge in [-0.15, -0.1) is 11.8 Å². The van der Waals surface area contributed by atoms with Crippen molar-refractivity contribution in [3.63, 3.8) is 0 Å². The molecule has 1 aliphatic heterocycles. The summed E-state index contributed by atoms with van der Waals surface area (Å²) in [5.74, 6) is -0.564. The fraction of sp³-hybridized carbons (Fsp3) is 0.0588. The number of allylic oxidation sites excluding steroid dienone is 1. The van der Waals surface area contributed by atoms with E-state index in [0.29, 0.717) is 11.2 Å². The number of nitrogens with zero attached hydrogens (tertiary/aromatic N) is 2. The van der Waals surface area contributed by atoms with Crippen LogP contribution < -0.4 is 5.32 Å². The van der Waals surface area contributed by atoms with E-state index in [4.69, 9.17) is 0 Å². The largest absolute Gasteiger partial charge is 0.364 e. The lowest BCUT2D eigenvalue weighted by Crippen LogP contribution is -2.23. The van der Waals surface area contributed by atoms with Crippen LogP contribution in [-0.2, 0) is 0 Å². The second-order valence-corrected chi connectivity index (χ2v) is 6.15. The van der Waals surface area contributed by atoms with Crippen LogP contribution in [0, 0.1) is 5.82 Å². The summed E-state index contributed by atoms with van der Waals surface area (Å²) in [4.78, 5) is 16.8.